The van der Waals surface area contributed by atoms with Gasteiger partial charge in [-0.15, -0.1) is 0 Å². The number of unbranched alkanes of at least 4 members (excludes halogenated alkanes) is 3. The average Bonchev–Trinajstić information content (AvgIpc) is 2.66. The van der Waals surface area contributed by atoms with Gasteiger partial charge in [0.2, 0.25) is 0 Å². The first-order valence-electron chi connectivity index (χ1n) is 9.52. The van der Waals surface area contributed by atoms with Crippen LogP contribution in [0.1, 0.15) is 45.1 Å². The van der Waals surface area contributed by atoms with Gasteiger partial charge in [0.1, 0.15) is 11.3 Å². The summed E-state index contributed by atoms with van der Waals surface area (Å²) in [4.78, 5) is 12.1. The molecule has 136 valence electrons. The third-order valence-corrected chi connectivity index (χ3v) is 4.61. The Morgan fingerprint density at radius 2 is 1.77 bits per heavy atom. The van der Waals surface area contributed by atoms with Crippen LogP contribution >= 0.6 is 0 Å². The van der Waals surface area contributed by atoms with Crippen molar-refractivity contribution in [3.63, 3.8) is 0 Å². The van der Waals surface area contributed by atoms with Gasteiger partial charge in [-0.3, -0.25) is 0 Å². The minimum absolute atomic E-state index is 0.338. The van der Waals surface area contributed by atoms with E-state index in [0.29, 0.717) is 12.2 Å². The average molecular weight is 350 g/mol. The first-order valence-corrected chi connectivity index (χ1v) is 9.52. The highest BCUT2D eigenvalue weighted by atomic mass is 16.5. The Labute approximate surface area is 154 Å². The zero-order valence-electron chi connectivity index (χ0n) is 15.6. The van der Waals surface area contributed by atoms with Gasteiger partial charge in [0.15, 0.2) is 0 Å². The van der Waals surface area contributed by atoms with Crippen LogP contribution in [0.3, 0.4) is 0 Å². The molecule has 3 aromatic rings. The maximum Gasteiger partial charge on any atom is 0.336 e. The van der Waals surface area contributed by atoms with Crippen LogP contribution in [-0.2, 0) is 6.42 Å². The van der Waals surface area contributed by atoms with E-state index in [1.807, 2.05) is 43.3 Å². The quantitative estimate of drug-likeness (QED) is 0.370. The summed E-state index contributed by atoms with van der Waals surface area (Å²) < 4.78 is 11.3. The molecule has 0 saturated carbocycles. The van der Waals surface area contributed by atoms with E-state index in [2.05, 4.69) is 13.0 Å². The molecule has 2 aromatic carbocycles. The Bertz CT molecular complexity index is 910. The highest BCUT2D eigenvalue weighted by Crippen LogP contribution is 2.33. The van der Waals surface area contributed by atoms with Crippen molar-refractivity contribution in [2.75, 3.05) is 6.61 Å². The summed E-state index contributed by atoms with van der Waals surface area (Å²) in [5.74, 6) is 0.824. The van der Waals surface area contributed by atoms with Gasteiger partial charge in [0.25, 0.3) is 0 Å². The standard InChI is InChI=1S/C23H26O3/c1-3-5-6-8-13-18-14-20-19(17-11-9-7-10-12-17)15-23(24)26-22(20)16-21(18)25-4-2/h7,9-12,14-16H,3-6,8,13H2,1-2H3. The fourth-order valence-corrected chi connectivity index (χ4v) is 3.32. The topological polar surface area (TPSA) is 39.4 Å². The van der Waals surface area contributed by atoms with Crippen LogP contribution in [0.15, 0.2) is 57.7 Å². The molecule has 0 aliphatic heterocycles. The summed E-state index contributed by atoms with van der Waals surface area (Å²) in [5.41, 5.74) is 3.36. The number of ether oxygens (including phenoxy) is 1. The van der Waals surface area contributed by atoms with E-state index in [1.54, 1.807) is 6.07 Å². The second kappa shape index (κ2) is 8.70. The molecule has 0 saturated heterocycles. The summed E-state index contributed by atoms with van der Waals surface area (Å²) in [6.07, 6.45) is 5.80. The number of hydrogen-bond acceptors (Lipinski definition) is 3. The lowest BCUT2D eigenvalue weighted by atomic mass is 9.98. The fraction of sp³-hybridized carbons (Fsp3) is 0.348. The van der Waals surface area contributed by atoms with Crippen molar-refractivity contribution in [3.8, 4) is 16.9 Å². The highest BCUT2D eigenvalue weighted by molar-refractivity contribution is 5.94. The predicted molar refractivity (Wildman–Crippen MR) is 107 cm³/mol. The monoisotopic (exact) mass is 350 g/mol. The number of hydrogen-bond donors (Lipinski definition) is 0. The van der Waals surface area contributed by atoms with E-state index < -0.39 is 0 Å². The van der Waals surface area contributed by atoms with E-state index in [1.165, 1.54) is 24.8 Å². The molecule has 3 heteroatoms. The largest absolute Gasteiger partial charge is 0.493 e. The number of fused-ring (bicyclic) bond motifs is 1. The number of benzene rings is 2. The molecule has 0 amide bonds. The van der Waals surface area contributed by atoms with Crippen molar-refractivity contribution in [2.45, 2.75) is 46.0 Å². The summed E-state index contributed by atoms with van der Waals surface area (Å²) in [7, 11) is 0. The molecule has 0 aliphatic rings. The number of rotatable bonds is 8. The van der Waals surface area contributed by atoms with Crippen molar-refractivity contribution in [1.82, 2.24) is 0 Å². The van der Waals surface area contributed by atoms with Crippen molar-refractivity contribution >= 4 is 11.0 Å². The molecule has 3 nitrogen and oxygen atoms in total. The minimum atomic E-state index is -0.338. The summed E-state index contributed by atoms with van der Waals surface area (Å²) >= 11 is 0. The molecule has 0 spiro atoms. The van der Waals surface area contributed by atoms with Gasteiger partial charge in [-0.1, -0.05) is 56.5 Å². The van der Waals surface area contributed by atoms with Crippen LogP contribution in [0.5, 0.6) is 5.75 Å². The SMILES string of the molecule is CCCCCCc1cc2c(-c3ccccc3)cc(=O)oc2cc1OCC. The maximum absolute atomic E-state index is 12.1. The predicted octanol–water partition coefficient (Wildman–Crippen LogP) is 5.98. The van der Waals surface area contributed by atoms with Crippen molar-refractivity contribution in [1.29, 1.82) is 0 Å². The third-order valence-electron chi connectivity index (χ3n) is 4.61. The second-order valence-corrected chi connectivity index (χ2v) is 6.54. The molecule has 0 unspecified atom stereocenters. The second-order valence-electron chi connectivity index (χ2n) is 6.54. The van der Waals surface area contributed by atoms with Gasteiger partial charge >= 0.3 is 5.63 Å². The van der Waals surface area contributed by atoms with Crippen LogP contribution in [0.2, 0.25) is 0 Å². The Kier molecular flexibility index (Phi) is 6.11. The van der Waals surface area contributed by atoms with Crippen molar-refractivity contribution in [2.24, 2.45) is 0 Å². The zero-order valence-corrected chi connectivity index (χ0v) is 15.6. The molecule has 0 aliphatic carbocycles. The lowest BCUT2D eigenvalue weighted by Crippen LogP contribution is -2.02. The summed E-state index contributed by atoms with van der Waals surface area (Å²) in [6.45, 7) is 4.79. The molecule has 3 rings (SSSR count). The van der Waals surface area contributed by atoms with E-state index in [4.69, 9.17) is 9.15 Å². The third kappa shape index (κ3) is 4.16. The Morgan fingerprint density at radius 1 is 0.962 bits per heavy atom. The molecule has 0 atom stereocenters. The van der Waals surface area contributed by atoms with Crippen LogP contribution in [0.25, 0.3) is 22.1 Å². The van der Waals surface area contributed by atoms with Gasteiger partial charge in [-0.05, 0) is 42.5 Å². The molecule has 26 heavy (non-hydrogen) atoms. The molecular formula is C23H26O3. The summed E-state index contributed by atoms with van der Waals surface area (Å²) in [5, 5.41) is 0.963. The Hall–Kier alpha value is -2.55. The number of aryl methyl sites for hydroxylation is 1. The van der Waals surface area contributed by atoms with Crippen LogP contribution in [0.4, 0.5) is 0 Å². The Morgan fingerprint density at radius 3 is 2.50 bits per heavy atom. The van der Waals surface area contributed by atoms with Crippen molar-refractivity contribution < 1.29 is 9.15 Å². The molecule has 1 aromatic heterocycles. The van der Waals surface area contributed by atoms with Gasteiger partial charge in [-0.25, -0.2) is 4.79 Å². The fourth-order valence-electron chi connectivity index (χ4n) is 3.32. The van der Waals surface area contributed by atoms with E-state index >= 15 is 0 Å². The first kappa shape index (κ1) is 18.2. The smallest absolute Gasteiger partial charge is 0.336 e. The van der Waals surface area contributed by atoms with E-state index in [-0.39, 0.29) is 5.63 Å². The van der Waals surface area contributed by atoms with Gasteiger partial charge in [0.05, 0.1) is 6.61 Å². The van der Waals surface area contributed by atoms with Crippen LogP contribution in [-0.4, -0.2) is 6.61 Å². The minimum Gasteiger partial charge on any atom is -0.493 e. The molecule has 0 fully saturated rings. The van der Waals surface area contributed by atoms with E-state index in [9.17, 15) is 4.79 Å². The lowest BCUT2D eigenvalue weighted by molar-refractivity contribution is 0.336. The van der Waals surface area contributed by atoms with Gasteiger partial charge < -0.3 is 9.15 Å². The van der Waals surface area contributed by atoms with Crippen LogP contribution < -0.4 is 10.4 Å². The van der Waals surface area contributed by atoms with E-state index in [0.717, 1.165) is 35.1 Å². The molecule has 0 radical (unpaired) electrons. The maximum atomic E-state index is 12.1. The zero-order chi connectivity index (χ0) is 18.4. The Balaban J connectivity index is 2.09. The molecule has 0 N–H and O–H groups in total. The molecule has 1 heterocycles. The highest BCUT2D eigenvalue weighted by Gasteiger charge is 2.13. The van der Waals surface area contributed by atoms with Gasteiger partial charge in [0, 0.05) is 17.5 Å². The molecule has 0 bridgehead atoms. The van der Waals surface area contributed by atoms with Gasteiger partial charge in [-0.2, -0.15) is 0 Å². The first-order chi connectivity index (χ1) is 12.7. The van der Waals surface area contributed by atoms with Crippen molar-refractivity contribution in [3.05, 3.63) is 64.5 Å². The normalized spacial score (nSPS) is 11.0. The lowest BCUT2D eigenvalue weighted by Gasteiger charge is -2.13. The van der Waals surface area contributed by atoms with Crippen LogP contribution in [0, 0.1) is 0 Å². The molecular weight excluding hydrogens is 324 g/mol. The summed E-state index contributed by atoms with van der Waals surface area (Å²) in [6, 6.07) is 15.6.